The lowest BCUT2D eigenvalue weighted by molar-refractivity contribution is 0.427. The van der Waals surface area contributed by atoms with E-state index in [1.165, 1.54) is 29.5 Å². The van der Waals surface area contributed by atoms with Crippen molar-refractivity contribution < 1.29 is 0 Å². The summed E-state index contributed by atoms with van der Waals surface area (Å²) in [6.07, 6.45) is 2.58. The van der Waals surface area contributed by atoms with E-state index in [1.54, 1.807) is 0 Å². The number of rotatable bonds is 2. The summed E-state index contributed by atoms with van der Waals surface area (Å²) in [5.74, 6) is 0.699. The molecule has 0 bridgehead atoms. The molecule has 2 N–H and O–H groups in total. The minimum absolute atomic E-state index is 0.113. The summed E-state index contributed by atoms with van der Waals surface area (Å²) in [7, 11) is 0. The van der Waals surface area contributed by atoms with Crippen LogP contribution in [0.15, 0.2) is 18.2 Å². The van der Waals surface area contributed by atoms with Gasteiger partial charge in [-0.3, -0.25) is 0 Å². The molecule has 0 amide bonds. The van der Waals surface area contributed by atoms with E-state index in [-0.39, 0.29) is 5.54 Å². The monoisotopic (exact) mass is 189 g/mol. The van der Waals surface area contributed by atoms with E-state index < -0.39 is 0 Å². The van der Waals surface area contributed by atoms with Crippen molar-refractivity contribution >= 4 is 0 Å². The average molecular weight is 189 g/mol. The van der Waals surface area contributed by atoms with Crippen LogP contribution in [0.2, 0.25) is 0 Å². The van der Waals surface area contributed by atoms with Gasteiger partial charge in [0.15, 0.2) is 0 Å². The molecule has 0 heterocycles. The summed E-state index contributed by atoms with van der Waals surface area (Å²) in [5.41, 5.74) is 10.2. The lowest BCUT2D eigenvalue weighted by Gasteiger charge is -2.25. The van der Waals surface area contributed by atoms with Gasteiger partial charge >= 0.3 is 0 Å². The molecule has 0 spiro atoms. The molecule has 1 aliphatic carbocycles. The molecule has 1 unspecified atom stereocenters. The lowest BCUT2D eigenvalue weighted by atomic mass is 9.86. The minimum Gasteiger partial charge on any atom is -0.321 e. The highest BCUT2D eigenvalue weighted by Gasteiger charge is 2.39. The molecule has 1 atom stereocenters. The summed E-state index contributed by atoms with van der Waals surface area (Å²) in [5, 5.41) is 0. The molecule has 1 aromatic rings. The number of nitrogens with two attached hydrogens (primary N) is 1. The van der Waals surface area contributed by atoms with Gasteiger partial charge in [-0.25, -0.2) is 0 Å². The van der Waals surface area contributed by atoms with E-state index in [9.17, 15) is 0 Å². The van der Waals surface area contributed by atoms with Crippen molar-refractivity contribution in [1.29, 1.82) is 0 Å². The summed E-state index contributed by atoms with van der Waals surface area (Å²) in [4.78, 5) is 0. The van der Waals surface area contributed by atoms with Crippen LogP contribution in [0, 0.1) is 19.8 Å². The molecule has 0 aliphatic heterocycles. The lowest BCUT2D eigenvalue weighted by Crippen LogP contribution is -2.35. The van der Waals surface area contributed by atoms with E-state index in [0.717, 1.165) is 0 Å². The Hall–Kier alpha value is -0.820. The molecule has 0 aromatic heterocycles. The van der Waals surface area contributed by atoms with Crippen LogP contribution in [0.4, 0.5) is 0 Å². The summed E-state index contributed by atoms with van der Waals surface area (Å²) < 4.78 is 0. The third kappa shape index (κ3) is 1.57. The molecule has 1 aromatic carbocycles. The molecular formula is C13H19N. The maximum atomic E-state index is 6.36. The van der Waals surface area contributed by atoms with Crippen molar-refractivity contribution in [2.45, 2.75) is 39.2 Å². The molecule has 2 rings (SSSR count). The van der Waals surface area contributed by atoms with Crippen molar-refractivity contribution in [3.63, 3.8) is 0 Å². The number of aryl methyl sites for hydroxylation is 2. The summed E-state index contributed by atoms with van der Waals surface area (Å²) in [6.45, 7) is 6.46. The highest BCUT2D eigenvalue weighted by molar-refractivity contribution is 5.34. The molecular weight excluding hydrogens is 170 g/mol. The second kappa shape index (κ2) is 3.09. The van der Waals surface area contributed by atoms with Gasteiger partial charge in [0.1, 0.15) is 0 Å². The molecule has 14 heavy (non-hydrogen) atoms. The van der Waals surface area contributed by atoms with Crippen LogP contribution >= 0.6 is 0 Å². The normalized spacial score (nSPS) is 20.6. The van der Waals surface area contributed by atoms with Crippen molar-refractivity contribution in [3.05, 3.63) is 34.9 Å². The Morgan fingerprint density at radius 3 is 2.36 bits per heavy atom. The highest BCUT2D eigenvalue weighted by atomic mass is 14.8. The Morgan fingerprint density at radius 1 is 1.21 bits per heavy atom. The average Bonchev–Trinajstić information content (AvgIpc) is 2.92. The number of hydrogen-bond acceptors (Lipinski definition) is 1. The smallest absolute Gasteiger partial charge is 0.0409 e. The van der Waals surface area contributed by atoms with Crippen LogP contribution in [0.5, 0.6) is 0 Å². The zero-order valence-electron chi connectivity index (χ0n) is 9.30. The fourth-order valence-electron chi connectivity index (χ4n) is 2.00. The third-order valence-electron chi connectivity index (χ3n) is 3.55. The zero-order chi connectivity index (χ0) is 10.3. The van der Waals surface area contributed by atoms with Crippen LogP contribution < -0.4 is 5.73 Å². The maximum Gasteiger partial charge on any atom is 0.0409 e. The Morgan fingerprint density at radius 2 is 1.86 bits per heavy atom. The van der Waals surface area contributed by atoms with E-state index in [0.29, 0.717) is 5.92 Å². The van der Waals surface area contributed by atoms with Crippen molar-refractivity contribution in [3.8, 4) is 0 Å². The Bertz CT molecular complexity index is 348. The van der Waals surface area contributed by atoms with Gasteiger partial charge in [-0.1, -0.05) is 18.2 Å². The van der Waals surface area contributed by atoms with Crippen LogP contribution in [0.1, 0.15) is 36.5 Å². The summed E-state index contributed by atoms with van der Waals surface area (Å²) >= 11 is 0. The van der Waals surface area contributed by atoms with Gasteiger partial charge in [0, 0.05) is 5.54 Å². The first kappa shape index (κ1) is 9.72. The van der Waals surface area contributed by atoms with E-state index in [4.69, 9.17) is 5.73 Å². The molecule has 1 heteroatoms. The van der Waals surface area contributed by atoms with Gasteiger partial charge in [-0.15, -0.1) is 0 Å². The quantitative estimate of drug-likeness (QED) is 0.760. The van der Waals surface area contributed by atoms with Crippen LogP contribution in [0.3, 0.4) is 0 Å². The van der Waals surface area contributed by atoms with Crippen molar-refractivity contribution in [2.75, 3.05) is 0 Å². The van der Waals surface area contributed by atoms with E-state index in [1.807, 2.05) is 0 Å². The topological polar surface area (TPSA) is 26.0 Å². The fraction of sp³-hybridized carbons (Fsp3) is 0.538. The van der Waals surface area contributed by atoms with Gasteiger partial charge in [-0.2, -0.15) is 0 Å². The van der Waals surface area contributed by atoms with E-state index >= 15 is 0 Å². The second-order valence-electron chi connectivity index (χ2n) is 4.86. The van der Waals surface area contributed by atoms with Gasteiger partial charge in [0.2, 0.25) is 0 Å². The largest absolute Gasteiger partial charge is 0.321 e. The van der Waals surface area contributed by atoms with Crippen LogP contribution in [-0.2, 0) is 5.54 Å². The van der Waals surface area contributed by atoms with Gasteiger partial charge < -0.3 is 5.73 Å². The van der Waals surface area contributed by atoms with Crippen molar-refractivity contribution in [2.24, 2.45) is 11.7 Å². The first-order valence-corrected chi connectivity index (χ1v) is 5.38. The Kier molecular flexibility index (Phi) is 2.15. The predicted octanol–water partition coefficient (Wildman–Crippen LogP) is 2.89. The highest BCUT2D eigenvalue weighted by Crippen LogP contribution is 2.43. The Balaban J connectivity index is 2.36. The Labute approximate surface area is 86.3 Å². The van der Waals surface area contributed by atoms with Gasteiger partial charge in [0.05, 0.1) is 0 Å². The molecule has 76 valence electrons. The first-order chi connectivity index (χ1) is 6.51. The second-order valence-corrected chi connectivity index (χ2v) is 4.86. The maximum absolute atomic E-state index is 6.36. The SMILES string of the molecule is Cc1ccc(C(C)(N)C2CC2)cc1C. The standard InChI is InChI=1S/C13H19N/c1-9-4-5-12(8-10(9)2)13(3,14)11-6-7-11/h4-5,8,11H,6-7,14H2,1-3H3. The number of benzene rings is 1. The van der Waals surface area contributed by atoms with Crippen LogP contribution in [0.25, 0.3) is 0 Å². The van der Waals surface area contributed by atoms with Crippen molar-refractivity contribution in [1.82, 2.24) is 0 Å². The molecule has 1 nitrogen and oxygen atoms in total. The molecule has 1 fully saturated rings. The summed E-state index contributed by atoms with van der Waals surface area (Å²) in [6, 6.07) is 6.60. The third-order valence-corrected chi connectivity index (χ3v) is 3.55. The molecule has 0 radical (unpaired) electrons. The predicted molar refractivity (Wildman–Crippen MR) is 60.2 cm³/mol. The first-order valence-electron chi connectivity index (χ1n) is 5.38. The minimum atomic E-state index is -0.113. The fourth-order valence-corrected chi connectivity index (χ4v) is 2.00. The molecule has 1 aliphatic rings. The molecule has 0 saturated heterocycles. The zero-order valence-corrected chi connectivity index (χ0v) is 9.30. The van der Waals surface area contributed by atoms with Gasteiger partial charge in [-0.05, 0) is 56.2 Å². The number of hydrogen-bond donors (Lipinski definition) is 1. The van der Waals surface area contributed by atoms with E-state index in [2.05, 4.69) is 39.0 Å². The van der Waals surface area contributed by atoms with Gasteiger partial charge in [0.25, 0.3) is 0 Å². The van der Waals surface area contributed by atoms with Crippen LogP contribution in [-0.4, -0.2) is 0 Å². The molecule has 1 saturated carbocycles.